The van der Waals surface area contributed by atoms with E-state index in [2.05, 4.69) is 15.3 Å². The molecule has 194 valence electrons. The van der Waals surface area contributed by atoms with Crippen molar-refractivity contribution in [3.05, 3.63) is 39.8 Å². The summed E-state index contributed by atoms with van der Waals surface area (Å²) in [5.41, 5.74) is 9.15. The second-order valence-corrected chi connectivity index (χ2v) is 9.26. The van der Waals surface area contributed by atoms with Crippen LogP contribution < -0.4 is 10.1 Å². The first-order valence-electron chi connectivity index (χ1n) is 12.5. The van der Waals surface area contributed by atoms with Crippen molar-refractivity contribution in [2.24, 2.45) is 5.11 Å². The van der Waals surface area contributed by atoms with Crippen LogP contribution in [0.5, 0.6) is 5.75 Å². The smallest absolute Gasteiger partial charge is 0.311 e. The van der Waals surface area contributed by atoms with E-state index in [1.54, 1.807) is 18.2 Å². The predicted molar refractivity (Wildman–Crippen MR) is 128 cm³/mol. The van der Waals surface area contributed by atoms with Gasteiger partial charge in [0.15, 0.2) is 0 Å². The fraction of sp³-hybridized carbons (Fsp3) is 0.708. The number of ether oxygens (including phenoxy) is 1. The van der Waals surface area contributed by atoms with Gasteiger partial charge in [0.2, 0.25) is 0 Å². The highest BCUT2D eigenvalue weighted by molar-refractivity contribution is 5.72. The number of azide groups is 1. The zero-order valence-electron chi connectivity index (χ0n) is 20.0. The highest BCUT2D eigenvalue weighted by Gasteiger charge is 2.44. The Morgan fingerprint density at radius 3 is 2.34 bits per heavy atom. The molecule has 5 N–H and O–H groups in total. The fourth-order valence-electron chi connectivity index (χ4n) is 4.82. The first-order chi connectivity index (χ1) is 16.9. The van der Waals surface area contributed by atoms with Gasteiger partial charge in [-0.3, -0.25) is 10.1 Å². The summed E-state index contributed by atoms with van der Waals surface area (Å²) >= 11 is 0. The molecule has 0 amide bonds. The topological polar surface area (TPSA) is 171 Å². The number of piperidine rings is 1. The minimum atomic E-state index is -1.17. The maximum Gasteiger partial charge on any atom is 0.311 e. The van der Waals surface area contributed by atoms with Crippen molar-refractivity contribution >= 4 is 5.97 Å². The van der Waals surface area contributed by atoms with E-state index in [4.69, 9.17) is 10.3 Å². The third kappa shape index (κ3) is 7.62. The number of rotatable bonds is 13. The Morgan fingerprint density at radius 1 is 1.00 bits per heavy atom. The lowest BCUT2D eigenvalue weighted by Gasteiger charge is -2.40. The summed E-state index contributed by atoms with van der Waals surface area (Å²) in [6.45, 7) is 0.562. The summed E-state index contributed by atoms with van der Waals surface area (Å²) < 4.78 is 5.45. The highest BCUT2D eigenvalue weighted by atomic mass is 16.5. The molecule has 0 spiro atoms. The third-order valence-electron chi connectivity index (χ3n) is 6.71. The molecular formula is C24H37N5O6. The first kappa shape index (κ1) is 27.3. The van der Waals surface area contributed by atoms with Crippen LogP contribution in [0.15, 0.2) is 23.3 Å². The molecule has 5 unspecified atom stereocenters. The summed E-state index contributed by atoms with van der Waals surface area (Å²) in [5, 5.41) is 47.6. The van der Waals surface area contributed by atoms with E-state index in [1.165, 1.54) is 4.90 Å². The Balaban J connectivity index is 1.39. The normalized spacial score (nSPS) is 26.2. The van der Waals surface area contributed by atoms with Gasteiger partial charge in [0.05, 0.1) is 6.04 Å². The van der Waals surface area contributed by atoms with Crippen molar-refractivity contribution in [1.82, 2.24) is 10.2 Å². The first-order valence-corrected chi connectivity index (χ1v) is 12.5. The SMILES string of the molecule is [N-]=[N+]=NCCCCCCCCCCC(=O)Oc1ccc2c(c1)C(O)N(C1CCC(O)NC1O)C2O. The molecule has 2 heterocycles. The molecule has 0 radical (unpaired) electrons. The summed E-state index contributed by atoms with van der Waals surface area (Å²) in [5.74, 6) is -0.0332. The predicted octanol–water partition coefficient (Wildman–Crippen LogP) is 3.10. The zero-order valence-corrected chi connectivity index (χ0v) is 20.0. The molecule has 3 rings (SSSR count). The van der Waals surface area contributed by atoms with E-state index in [9.17, 15) is 25.2 Å². The van der Waals surface area contributed by atoms with Gasteiger partial charge in [-0.25, -0.2) is 4.90 Å². The van der Waals surface area contributed by atoms with Gasteiger partial charge < -0.3 is 25.2 Å². The average molecular weight is 492 g/mol. The maximum absolute atomic E-state index is 12.3. The van der Waals surface area contributed by atoms with Gasteiger partial charge in [-0.05, 0) is 43.3 Å². The van der Waals surface area contributed by atoms with E-state index in [0.717, 1.165) is 51.4 Å². The van der Waals surface area contributed by atoms with E-state index >= 15 is 0 Å². The van der Waals surface area contributed by atoms with Crippen LogP contribution >= 0.6 is 0 Å². The Bertz CT molecular complexity index is 880. The minimum absolute atomic E-state index is 0.306. The lowest BCUT2D eigenvalue weighted by Crippen LogP contribution is -2.57. The van der Waals surface area contributed by atoms with Crippen LogP contribution in [0.3, 0.4) is 0 Å². The molecule has 1 saturated heterocycles. The lowest BCUT2D eigenvalue weighted by molar-refractivity contribution is -0.159. The van der Waals surface area contributed by atoms with Gasteiger partial charge in [-0.2, -0.15) is 0 Å². The number of nitrogens with one attached hydrogen (secondary N) is 1. The Hall–Kier alpha value is -2.24. The van der Waals surface area contributed by atoms with Gasteiger partial charge >= 0.3 is 5.97 Å². The monoisotopic (exact) mass is 491 g/mol. The Labute approximate surface area is 205 Å². The van der Waals surface area contributed by atoms with Crippen LogP contribution in [0.2, 0.25) is 0 Å². The van der Waals surface area contributed by atoms with Gasteiger partial charge in [-0.15, -0.1) is 0 Å². The summed E-state index contributed by atoms with van der Waals surface area (Å²) in [6, 6.07) is 4.19. The molecular weight excluding hydrogens is 454 g/mol. The zero-order chi connectivity index (χ0) is 25.2. The quantitative estimate of drug-likeness (QED) is 0.0699. The standard InChI is InChI=1S/C24H37N5O6/c25-28-26-14-8-6-4-2-1-3-5-7-9-21(31)35-16-10-11-17-18(15-16)24(34)29(23(17)33)19-12-13-20(30)27-22(19)32/h10-11,15,19-20,22-24,27,30,32-34H,1-9,12-14H2. The van der Waals surface area contributed by atoms with Crippen LogP contribution in [-0.2, 0) is 4.79 Å². The number of hydrogen-bond donors (Lipinski definition) is 5. The molecule has 0 saturated carbocycles. The lowest BCUT2D eigenvalue weighted by atomic mass is 10.0. The van der Waals surface area contributed by atoms with Crippen LogP contribution in [0.25, 0.3) is 10.4 Å². The van der Waals surface area contributed by atoms with Crippen LogP contribution in [0, 0.1) is 0 Å². The van der Waals surface area contributed by atoms with E-state index in [0.29, 0.717) is 42.7 Å². The van der Waals surface area contributed by atoms with Crippen molar-refractivity contribution in [2.45, 2.75) is 102 Å². The van der Waals surface area contributed by atoms with Gasteiger partial charge in [0.25, 0.3) is 0 Å². The molecule has 0 bridgehead atoms. The van der Waals surface area contributed by atoms with Gasteiger partial charge in [0, 0.05) is 29.0 Å². The Kier molecular flexibility index (Phi) is 10.7. The number of carbonyl (C=O) groups is 1. The van der Waals surface area contributed by atoms with Crippen molar-refractivity contribution < 1.29 is 30.0 Å². The Morgan fingerprint density at radius 2 is 1.66 bits per heavy atom. The largest absolute Gasteiger partial charge is 0.427 e. The van der Waals surface area contributed by atoms with E-state index in [-0.39, 0.29) is 5.97 Å². The number of carbonyl (C=O) groups excluding carboxylic acids is 1. The maximum atomic E-state index is 12.3. The van der Waals surface area contributed by atoms with Crippen LogP contribution in [0.1, 0.15) is 94.2 Å². The summed E-state index contributed by atoms with van der Waals surface area (Å²) in [6.07, 6.45) is 4.99. The minimum Gasteiger partial charge on any atom is -0.427 e. The van der Waals surface area contributed by atoms with Crippen LogP contribution in [-0.4, -0.2) is 56.3 Å². The third-order valence-corrected chi connectivity index (χ3v) is 6.71. The average Bonchev–Trinajstić information content (AvgIpc) is 3.07. The summed E-state index contributed by atoms with van der Waals surface area (Å²) in [4.78, 5) is 16.4. The highest BCUT2D eigenvalue weighted by Crippen LogP contribution is 2.43. The van der Waals surface area contributed by atoms with Crippen molar-refractivity contribution in [3.63, 3.8) is 0 Å². The molecule has 1 fully saturated rings. The number of esters is 1. The number of fused-ring (bicyclic) bond motifs is 1. The molecule has 2 aliphatic rings. The molecule has 0 aliphatic carbocycles. The van der Waals surface area contributed by atoms with Crippen molar-refractivity contribution in [1.29, 1.82) is 0 Å². The number of aliphatic hydroxyl groups is 4. The number of aliphatic hydroxyl groups excluding tert-OH is 4. The van der Waals surface area contributed by atoms with Crippen LogP contribution in [0.4, 0.5) is 0 Å². The number of hydrogen-bond acceptors (Lipinski definition) is 9. The molecule has 0 aromatic heterocycles. The number of benzene rings is 1. The molecule has 11 heteroatoms. The van der Waals surface area contributed by atoms with Crippen molar-refractivity contribution in [2.75, 3.05) is 6.54 Å². The summed E-state index contributed by atoms with van der Waals surface area (Å²) in [7, 11) is 0. The molecule has 1 aromatic carbocycles. The number of unbranched alkanes of at least 4 members (excludes halogenated alkanes) is 7. The molecule has 1 aromatic rings. The fourth-order valence-corrected chi connectivity index (χ4v) is 4.82. The van der Waals surface area contributed by atoms with E-state index in [1.807, 2.05) is 0 Å². The number of nitrogens with zero attached hydrogens (tertiary/aromatic N) is 4. The van der Waals surface area contributed by atoms with E-state index < -0.39 is 31.0 Å². The second kappa shape index (κ2) is 13.7. The second-order valence-electron chi connectivity index (χ2n) is 9.26. The molecule has 11 nitrogen and oxygen atoms in total. The molecule has 5 atom stereocenters. The van der Waals surface area contributed by atoms with Crippen molar-refractivity contribution in [3.8, 4) is 5.75 Å². The molecule has 2 aliphatic heterocycles. The van der Waals surface area contributed by atoms with Gasteiger partial charge in [0.1, 0.15) is 30.7 Å². The van der Waals surface area contributed by atoms with Gasteiger partial charge in [-0.1, -0.05) is 49.7 Å². The molecule has 35 heavy (non-hydrogen) atoms.